The van der Waals surface area contributed by atoms with Gasteiger partial charge in [-0.2, -0.15) is 14.6 Å². The van der Waals surface area contributed by atoms with Crippen molar-refractivity contribution >= 4 is 11.6 Å². The summed E-state index contributed by atoms with van der Waals surface area (Å²) in [7, 11) is 0. The smallest absolute Gasteiger partial charge is 0.254 e. The van der Waals surface area contributed by atoms with Crippen LogP contribution in [-0.4, -0.2) is 43.9 Å². The lowest BCUT2D eigenvalue weighted by Crippen LogP contribution is -2.27. The molecule has 1 aromatic carbocycles. The number of aliphatic hydroxyl groups is 1. The molecule has 0 spiro atoms. The molecule has 2 aromatic heterocycles. The van der Waals surface area contributed by atoms with Gasteiger partial charge >= 0.3 is 0 Å². The lowest BCUT2D eigenvalue weighted by atomic mass is 10.3. The zero-order chi connectivity index (χ0) is 16.1. The van der Waals surface area contributed by atoms with Crippen LogP contribution in [0, 0.1) is 0 Å². The van der Waals surface area contributed by atoms with Crippen molar-refractivity contribution in [2.24, 2.45) is 0 Å². The van der Waals surface area contributed by atoms with E-state index < -0.39 is 6.10 Å². The highest BCUT2D eigenvalue weighted by Gasteiger charge is 2.10. The van der Waals surface area contributed by atoms with E-state index in [2.05, 4.69) is 20.4 Å². The minimum absolute atomic E-state index is 0.212. The van der Waals surface area contributed by atoms with Crippen LogP contribution in [0.3, 0.4) is 0 Å². The van der Waals surface area contributed by atoms with Gasteiger partial charge in [-0.05, 0) is 18.6 Å². The van der Waals surface area contributed by atoms with Crippen LogP contribution in [0.4, 0.5) is 5.82 Å². The molecular formula is C16H19N5O2. The highest BCUT2D eigenvalue weighted by atomic mass is 16.5. The van der Waals surface area contributed by atoms with Gasteiger partial charge in [0.2, 0.25) is 0 Å². The minimum Gasteiger partial charge on any atom is -0.491 e. The van der Waals surface area contributed by atoms with E-state index in [0.717, 1.165) is 23.7 Å². The average molecular weight is 313 g/mol. The van der Waals surface area contributed by atoms with E-state index in [-0.39, 0.29) is 6.61 Å². The van der Waals surface area contributed by atoms with Gasteiger partial charge in [0.1, 0.15) is 30.6 Å². The van der Waals surface area contributed by atoms with Gasteiger partial charge in [0.05, 0.1) is 0 Å². The van der Waals surface area contributed by atoms with Crippen LogP contribution in [-0.2, 0) is 6.42 Å². The van der Waals surface area contributed by atoms with Crippen molar-refractivity contribution in [3.05, 3.63) is 48.4 Å². The largest absolute Gasteiger partial charge is 0.491 e. The van der Waals surface area contributed by atoms with Crippen LogP contribution in [0.5, 0.6) is 5.75 Å². The molecule has 2 heterocycles. The molecule has 3 aromatic rings. The van der Waals surface area contributed by atoms with Gasteiger partial charge in [0.25, 0.3) is 5.78 Å². The SMILES string of the molecule is CCc1cc(NCC(O)COc2ccccc2)n2ncnc2n1. The number of hydrogen-bond acceptors (Lipinski definition) is 6. The van der Waals surface area contributed by atoms with Crippen LogP contribution in [0.25, 0.3) is 5.78 Å². The predicted molar refractivity (Wildman–Crippen MR) is 86.6 cm³/mol. The number of hydrogen-bond donors (Lipinski definition) is 2. The molecule has 2 N–H and O–H groups in total. The molecule has 1 atom stereocenters. The van der Waals surface area contributed by atoms with Crippen molar-refractivity contribution in [1.82, 2.24) is 19.6 Å². The Balaban J connectivity index is 1.60. The Kier molecular flexibility index (Phi) is 4.68. The maximum Gasteiger partial charge on any atom is 0.254 e. The summed E-state index contributed by atoms with van der Waals surface area (Å²) in [4.78, 5) is 8.48. The molecule has 0 fully saturated rings. The van der Waals surface area contributed by atoms with E-state index in [1.807, 2.05) is 43.3 Å². The standard InChI is InChI=1S/C16H19N5O2/c1-2-12-8-15(21-16(20-12)18-11-19-21)17-9-13(22)10-23-14-6-4-3-5-7-14/h3-8,11,13,17,22H,2,9-10H2,1H3. The molecule has 3 rings (SSSR count). The maximum absolute atomic E-state index is 10.1. The Morgan fingerprint density at radius 1 is 1.30 bits per heavy atom. The van der Waals surface area contributed by atoms with Gasteiger partial charge in [0.15, 0.2) is 0 Å². The van der Waals surface area contributed by atoms with Crippen molar-refractivity contribution in [2.45, 2.75) is 19.4 Å². The number of benzene rings is 1. The molecular weight excluding hydrogens is 294 g/mol. The first kappa shape index (κ1) is 15.2. The van der Waals surface area contributed by atoms with E-state index in [4.69, 9.17) is 4.74 Å². The first-order chi connectivity index (χ1) is 11.3. The Labute approximate surface area is 134 Å². The van der Waals surface area contributed by atoms with Gasteiger partial charge < -0.3 is 15.2 Å². The van der Waals surface area contributed by atoms with E-state index in [0.29, 0.717) is 12.3 Å². The summed E-state index contributed by atoms with van der Waals surface area (Å²) in [5.74, 6) is 2.03. The van der Waals surface area contributed by atoms with E-state index in [1.165, 1.54) is 6.33 Å². The summed E-state index contributed by atoms with van der Waals surface area (Å²) >= 11 is 0. The van der Waals surface area contributed by atoms with Gasteiger partial charge in [0, 0.05) is 18.3 Å². The monoisotopic (exact) mass is 313 g/mol. The fourth-order valence-electron chi connectivity index (χ4n) is 2.16. The molecule has 0 saturated heterocycles. The molecule has 0 bridgehead atoms. The topological polar surface area (TPSA) is 84.6 Å². The van der Waals surface area contributed by atoms with Gasteiger partial charge in [-0.15, -0.1) is 0 Å². The molecule has 0 radical (unpaired) electrons. The number of nitrogens with zero attached hydrogens (tertiary/aromatic N) is 4. The van der Waals surface area contributed by atoms with Crippen molar-refractivity contribution in [1.29, 1.82) is 0 Å². The summed E-state index contributed by atoms with van der Waals surface area (Å²) in [5.41, 5.74) is 0.919. The number of aryl methyl sites for hydroxylation is 1. The van der Waals surface area contributed by atoms with E-state index in [9.17, 15) is 5.11 Å². The molecule has 120 valence electrons. The molecule has 0 aliphatic carbocycles. The molecule has 7 heteroatoms. The zero-order valence-electron chi connectivity index (χ0n) is 12.9. The molecule has 0 saturated carbocycles. The van der Waals surface area contributed by atoms with Crippen LogP contribution in [0.15, 0.2) is 42.7 Å². The third-order valence-corrected chi connectivity index (χ3v) is 3.37. The number of aliphatic hydroxyl groups excluding tert-OH is 1. The highest BCUT2D eigenvalue weighted by Crippen LogP contribution is 2.12. The normalized spacial score (nSPS) is 12.3. The number of aromatic nitrogens is 4. The first-order valence-electron chi connectivity index (χ1n) is 7.55. The van der Waals surface area contributed by atoms with Crippen LogP contribution >= 0.6 is 0 Å². The van der Waals surface area contributed by atoms with E-state index in [1.54, 1.807) is 4.52 Å². The summed E-state index contributed by atoms with van der Waals surface area (Å²) in [6.07, 6.45) is 1.62. The number of anilines is 1. The molecule has 7 nitrogen and oxygen atoms in total. The van der Waals surface area contributed by atoms with Crippen molar-refractivity contribution in [2.75, 3.05) is 18.5 Å². The van der Waals surface area contributed by atoms with Crippen molar-refractivity contribution in [3.63, 3.8) is 0 Å². The second-order valence-corrected chi connectivity index (χ2v) is 5.12. The third kappa shape index (κ3) is 3.75. The summed E-state index contributed by atoms with van der Waals surface area (Å²) < 4.78 is 7.15. The van der Waals surface area contributed by atoms with E-state index >= 15 is 0 Å². The van der Waals surface area contributed by atoms with Crippen LogP contribution in [0.2, 0.25) is 0 Å². The first-order valence-corrected chi connectivity index (χ1v) is 7.55. The van der Waals surface area contributed by atoms with Crippen molar-refractivity contribution in [3.8, 4) is 5.75 Å². The summed E-state index contributed by atoms with van der Waals surface area (Å²) in [6, 6.07) is 11.3. The predicted octanol–water partition coefficient (Wildman–Crippen LogP) is 1.54. The Hall–Kier alpha value is -2.67. The molecule has 0 amide bonds. The van der Waals surface area contributed by atoms with Crippen LogP contribution in [0.1, 0.15) is 12.6 Å². The van der Waals surface area contributed by atoms with Gasteiger partial charge in [-0.3, -0.25) is 0 Å². The third-order valence-electron chi connectivity index (χ3n) is 3.37. The zero-order valence-corrected chi connectivity index (χ0v) is 12.9. The van der Waals surface area contributed by atoms with Gasteiger partial charge in [-0.1, -0.05) is 25.1 Å². The number of nitrogens with one attached hydrogen (secondary N) is 1. The second-order valence-electron chi connectivity index (χ2n) is 5.12. The Morgan fingerprint density at radius 2 is 2.13 bits per heavy atom. The lowest BCUT2D eigenvalue weighted by Gasteiger charge is -2.14. The fraction of sp³-hybridized carbons (Fsp3) is 0.312. The van der Waals surface area contributed by atoms with Crippen LogP contribution < -0.4 is 10.1 Å². The molecule has 0 aliphatic rings. The second kappa shape index (κ2) is 7.06. The number of ether oxygens (including phenoxy) is 1. The molecule has 1 unspecified atom stereocenters. The lowest BCUT2D eigenvalue weighted by molar-refractivity contribution is 0.117. The number of rotatable bonds is 7. The Bertz CT molecular complexity index is 760. The summed E-state index contributed by atoms with van der Waals surface area (Å²) in [5, 5.41) is 17.4. The van der Waals surface area contributed by atoms with Gasteiger partial charge in [-0.25, -0.2) is 4.98 Å². The Morgan fingerprint density at radius 3 is 2.91 bits per heavy atom. The quantitative estimate of drug-likeness (QED) is 0.688. The highest BCUT2D eigenvalue weighted by molar-refractivity contribution is 5.45. The molecule has 0 aliphatic heterocycles. The minimum atomic E-state index is -0.646. The fourth-order valence-corrected chi connectivity index (χ4v) is 2.16. The number of para-hydroxylation sites is 1. The maximum atomic E-state index is 10.1. The molecule has 23 heavy (non-hydrogen) atoms. The average Bonchev–Trinajstić information content (AvgIpc) is 3.07. The summed E-state index contributed by atoms with van der Waals surface area (Å²) in [6.45, 7) is 2.58. The number of fused-ring (bicyclic) bond motifs is 1. The van der Waals surface area contributed by atoms with Crippen molar-refractivity contribution < 1.29 is 9.84 Å².